The number of amides is 1. The number of carbonyl (C=O) groups excluding carboxylic acids is 1. The van der Waals surface area contributed by atoms with Crippen LogP contribution < -0.4 is 5.73 Å². The number of hydrogen-bond acceptors (Lipinski definition) is 6. The van der Waals surface area contributed by atoms with Crippen LogP contribution in [0.5, 0.6) is 0 Å². The minimum atomic E-state index is -0.549. The maximum Gasteiger partial charge on any atom is 0.284 e. The van der Waals surface area contributed by atoms with Gasteiger partial charge in [-0.2, -0.15) is 4.98 Å². The molecule has 2 N–H and O–H groups in total. The minimum absolute atomic E-state index is 0.201. The largest absolute Gasteiger partial charge is 0.455 e. The average molecular weight is 346 g/mol. The molecule has 2 aromatic rings. The monoisotopic (exact) mass is 346 g/mol. The van der Waals surface area contributed by atoms with Crippen molar-refractivity contribution >= 4 is 5.91 Å². The van der Waals surface area contributed by atoms with E-state index in [4.69, 9.17) is 14.7 Å². The molecule has 1 saturated carbocycles. The van der Waals surface area contributed by atoms with Crippen LogP contribution in [0, 0.1) is 0 Å². The summed E-state index contributed by atoms with van der Waals surface area (Å²) in [6.45, 7) is 10.3. The molecule has 0 unspecified atom stereocenters. The van der Waals surface area contributed by atoms with Gasteiger partial charge in [0.25, 0.3) is 5.91 Å². The van der Waals surface area contributed by atoms with Crippen LogP contribution in [-0.2, 0) is 18.5 Å². The van der Waals surface area contributed by atoms with E-state index in [9.17, 15) is 4.79 Å². The molecule has 0 radical (unpaired) electrons. The lowest BCUT2D eigenvalue weighted by atomic mass is 9.90. The Hall–Kier alpha value is -2.15. The molecular weight excluding hydrogens is 320 g/mol. The second-order valence-electron chi connectivity index (χ2n) is 7.71. The number of nitrogens with zero attached hydrogens (tertiary/aromatic N) is 3. The lowest BCUT2D eigenvalue weighted by molar-refractivity contribution is 0.0970. The van der Waals surface area contributed by atoms with E-state index in [0.29, 0.717) is 24.8 Å². The first-order chi connectivity index (χ1) is 11.8. The van der Waals surface area contributed by atoms with Gasteiger partial charge in [-0.05, 0) is 25.5 Å². The summed E-state index contributed by atoms with van der Waals surface area (Å²) in [5.41, 5.74) is 6.14. The highest BCUT2D eigenvalue weighted by molar-refractivity contribution is 5.90. The molecule has 0 aromatic carbocycles. The van der Waals surface area contributed by atoms with Crippen molar-refractivity contribution in [3.05, 3.63) is 34.9 Å². The Morgan fingerprint density at radius 1 is 1.36 bits per heavy atom. The standard InChI is InChI=1S/C18H26N4O3/c1-5-22(10-14-20-17(25-21-14)11-6-7-11)9-12-8-13(16(19)23)24-15(12)18(2,3)4/h8,11H,5-7,9-10H2,1-4H3,(H2,19,23). The van der Waals surface area contributed by atoms with E-state index in [1.807, 2.05) is 0 Å². The minimum Gasteiger partial charge on any atom is -0.455 e. The van der Waals surface area contributed by atoms with Crippen LogP contribution in [0.15, 0.2) is 15.0 Å². The predicted octanol–water partition coefficient (Wildman–Crippen LogP) is 2.96. The lowest BCUT2D eigenvalue weighted by Crippen LogP contribution is -2.24. The van der Waals surface area contributed by atoms with E-state index >= 15 is 0 Å². The Balaban J connectivity index is 1.76. The Morgan fingerprint density at radius 2 is 2.08 bits per heavy atom. The molecule has 7 nitrogen and oxygen atoms in total. The van der Waals surface area contributed by atoms with E-state index < -0.39 is 5.91 Å². The van der Waals surface area contributed by atoms with Gasteiger partial charge in [0.2, 0.25) is 5.89 Å². The topological polar surface area (TPSA) is 98.4 Å². The number of furan rings is 1. The molecule has 0 atom stereocenters. The number of nitrogens with two attached hydrogens (primary N) is 1. The third-order valence-electron chi connectivity index (χ3n) is 4.35. The molecule has 7 heteroatoms. The number of aromatic nitrogens is 2. The summed E-state index contributed by atoms with van der Waals surface area (Å²) in [5.74, 6) is 2.33. The number of hydrogen-bond donors (Lipinski definition) is 1. The summed E-state index contributed by atoms with van der Waals surface area (Å²) in [5, 5.41) is 4.09. The van der Waals surface area contributed by atoms with Gasteiger partial charge in [-0.15, -0.1) is 0 Å². The zero-order valence-electron chi connectivity index (χ0n) is 15.3. The molecule has 0 bridgehead atoms. The molecule has 1 aliphatic rings. The second kappa shape index (κ2) is 6.63. The summed E-state index contributed by atoms with van der Waals surface area (Å²) in [6, 6.07) is 1.75. The zero-order chi connectivity index (χ0) is 18.2. The van der Waals surface area contributed by atoms with Crippen molar-refractivity contribution in [2.24, 2.45) is 5.73 Å². The lowest BCUT2D eigenvalue weighted by Gasteiger charge is -2.22. The van der Waals surface area contributed by atoms with Gasteiger partial charge in [-0.25, -0.2) is 0 Å². The highest BCUT2D eigenvalue weighted by Crippen LogP contribution is 2.39. The van der Waals surface area contributed by atoms with E-state index in [0.717, 1.165) is 36.6 Å². The van der Waals surface area contributed by atoms with Gasteiger partial charge in [-0.1, -0.05) is 32.9 Å². The van der Waals surface area contributed by atoms with Crippen molar-refractivity contribution < 1.29 is 13.7 Å². The first-order valence-electron chi connectivity index (χ1n) is 8.75. The summed E-state index contributed by atoms with van der Waals surface area (Å²) in [6.07, 6.45) is 2.28. The molecule has 0 saturated heterocycles. The first-order valence-corrected chi connectivity index (χ1v) is 8.75. The number of primary amides is 1. The SMILES string of the molecule is CCN(Cc1noc(C2CC2)n1)Cc1cc(C(N)=O)oc1C(C)(C)C. The Kier molecular flexibility index (Phi) is 4.69. The van der Waals surface area contributed by atoms with Crippen molar-refractivity contribution in [3.8, 4) is 0 Å². The third-order valence-corrected chi connectivity index (χ3v) is 4.35. The van der Waals surface area contributed by atoms with Gasteiger partial charge in [0.1, 0.15) is 5.76 Å². The van der Waals surface area contributed by atoms with E-state index in [-0.39, 0.29) is 11.2 Å². The van der Waals surface area contributed by atoms with Gasteiger partial charge in [0.05, 0.1) is 6.54 Å². The van der Waals surface area contributed by atoms with Crippen LogP contribution in [0.25, 0.3) is 0 Å². The van der Waals surface area contributed by atoms with Gasteiger partial charge >= 0.3 is 0 Å². The highest BCUT2D eigenvalue weighted by atomic mass is 16.5. The molecule has 2 heterocycles. The van der Waals surface area contributed by atoms with Gasteiger partial charge in [0, 0.05) is 23.4 Å². The van der Waals surface area contributed by atoms with Crippen LogP contribution in [0.1, 0.15) is 80.0 Å². The van der Waals surface area contributed by atoms with Crippen molar-refractivity contribution in [2.45, 2.75) is 65.0 Å². The second-order valence-corrected chi connectivity index (χ2v) is 7.71. The van der Waals surface area contributed by atoms with Crippen LogP contribution in [0.4, 0.5) is 0 Å². The molecule has 25 heavy (non-hydrogen) atoms. The molecule has 1 aliphatic carbocycles. The first kappa shape index (κ1) is 17.7. The Morgan fingerprint density at radius 3 is 2.64 bits per heavy atom. The van der Waals surface area contributed by atoms with Crippen LogP contribution in [-0.4, -0.2) is 27.5 Å². The quantitative estimate of drug-likeness (QED) is 0.827. The highest BCUT2D eigenvalue weighted by Gasteiger charge is 2.30. The molecule has 1 fully saturated rings. The summed E-state index contributed by atoms with van der Waals surface area (Å²) in [7, 11) is 0. The van der Waals surface area contributed by atoms with Crippen molar-refractivity contribution in [2.75, 3.05) is 6.54 Å². The molecule has 2 aromatic heterocycles. The van der Waals surface area contributed by atoms with E-state index in [2.05, 4.69) is 42.7 Å². The summed E-state index contributed by atoms with van der Waals surface area (Å²) >= 11 is 0. The van der Waals surface area contributed by atoms with Gasteiger partial charge < -0.3 is 14.7 Å². The van der Waals surface area contributed by atoms with E-state index in [1.165, 1.54) is 0 Å². The molecule has 0 spiro atoms. The number of rotatable bonds is 7. The van der Waals surface area contributed by atoms with Crippen LogP contribution in [0.3, 0.4) is 0 Å². The van der Waals surface area contributed by atoms with Crippen LogP contribution in [0.2, 0.25) is 0 Å². The van der Waals surface area contributed by atoms with E-state index in [1.54, 1.807) is 6.07 Å². The fraction of sp³-hybridized carbons (Fsp3) is 0.611. The van der Waals surface area contributed by atoms with Crippen LogP contribution >= 0.6 is 0 Å². The third kappa shape index (κ3) is 4.10. The smallest absolute Gasteiger partial charge is 0.284 e. The summed E-state index contributed by atoms with van der Waals surface area (Å²) in [4.78, 5) is 18.2. The maximum absolute atomic E-state index is 11.5. The van der Waals surface area contributed by atoms with Gasteiger partial charge in [-0.3, -0.25) is 9.69 Å². The van der Waals surface area contributed by atoms with Crippen molar-refractivity contribution in [3.63, 3.8) is 0 Å². The average Bonchev–Trinajstić information content (AvgIpc) is 3.11. The molecule has 0 aliphatic heterocycles. The maximum atomic E-state index is 11.5. The molecule has 1 amide bonds. The van der Waals surface area contributed by atoms with Crippen molar-refractivity contribution in [1.29, 1.82) is 0 Å². The van der Waals surface area contributed by atoms with Gasteiger partial charge in [0.15, 0.2) is 11.6 Å². The molecular formula is C18H26N4O3. The number of carbonyl (C=O) groups is 1. The molecule has 136 valence electrons. The molecule has 3 rings (SSSR count). The normalized spacial score (nSPS) is 15.1. The Bertz CT molecular complexity index is 753. The fourth-order valence-corrected chi connectivity index (χ4v) is 2.85. The predicted molar refractivity (Wildman–Crippen MR) is 92.0 cm³/mol. The fourth-order valence-electron chi connectivity index (χ4n) is 2.85. The summed E-state index contributed by atoms with van der Waals surface area (Å²) < 4.78 is 11.1. The Labute approximate surface area is 147 Å². The van der Waals surface area contributed by atoms with Crippen molar-refractivity contribution in [1.82, 2.24) is 15.0 Å². The zero-order valence-corrected chi connectivity index (χ0v) is 15.3.